The van der Waals surface area contributed by atoms with E-state index in [2.05, 4.69) is 15.6 Å². The van der Waals surface area contributed by atoms with E-state index in [0.29, 0.717) is 10.2 Å². The quantitative estimate of drug-likeness (QED) is 0.541. The Morgan fingerprint density at radius 1 is 1.00 bits per heavy atom. The van der Waals surface area contributed by atoms with E-state index in [1.54, 1.807) is 0 Å². The molecule has 0 saturated heterocycles. The Balaban J connectivity index is 1.79. The molecule has 0 atom stereocenters. The number of hydrogen-bond donors (Lipinski definition) is 1. The van der Waals surface area contributed by atoms with E-state index in [4.69, 9.17) is 0 Å². The van der Waals surface area contributed by atoms with Crippen LogP contribution in [0.4, 0.5) is 22.0 Å². The molecule has 0 saturated carbocycles. The standard InChI is InChI=1S/C21H18F5N5O2/c1-2-30(12-17(32)27-11-13-3-5-14(22)6-4-13)20(33)18-19(21(24,25)26)31(29-28-18)16-9-7-15(23)8-10-16/h3-10H,2,11-12H2,1H3,(H,27,32). The third-order valence-corrected chi connectivity index (χ3v) is 4.62. The second-order valence-corrected chi connectivity index (χ2v) is 6.90. The highest BCUT2D eigenvalue weighted by Gasteiger charge is 2.43. The molecule has 0 aliphatic carbocycles. The summed E-state index contributed by atoms with van der Waals surface area (Å²) in [6, 6.07) is 9.37. The van der Waals surface area contributed by atoms with Crippen LogP contribution in [-0.2, 0) is 17.5 Å². The van der Waals surface area contributed by atoms with Crippen LogP contribution in [0.15, 0.2) is 48.5 Å². The van der Waals surface area contributed by atoms with Gasteiger partial charge in [0.2, 0.25) is 5.91 Å². The summed E-state index contributed by atoms with van der Waals surface area (Å²) in [6.07, 6.45) is -5.01. The first-order valence-electron chi connectivity index (χ1n) is 9.69. The molecular weight excluding hydrogens is 449 g/mol. The van der Waals surface area contributed by atoms with Crippen LogP contribution in [-0.4, -0.2) is 44.8 Å². The van der Waals surface area contributed by atoms with Gasteiger partial charge in [-0.15, -0.1) is 5.10 Å². The molecule has 2 amide bonds. The fourth-order valence-corrected chi connectivity index (χ4v) is 2.95. The molecule has 33 heavy (non-hydrogen) atoms. The Hall–Kier alpha value is -3.83. The lowest BCUT2D eigenvalue weighted by Crippen LogP contribution is -2.41. The summed E-state index contributed by atoms with van der Waals surface area (Å²) in [5.74, 6) is -2.88. The van der Waals surface area contributed by atoms with Gasteiger partial charge < -0.3 is 10.2 Å². The molecule has 0 aliphatic rings. The average Bonchev–Trinajstić information content (AvgIpc) is 3.23. The van der Waals surface area contributed by atoms with E-state index < -0.39 is 47.6 Å². The molecule has 2 aromatic carbocycles. The fraction of sp³-hybridized carbons (Fsp3) is 0.238. The summed E-state index contributed by atoms with van der Waals surface area (Å²) in [4.78, 5) is 26.0. The SMILES string of the molecule is CCN(CC(=O)NCc1ccc(F)cc1)C(=O)c1nnn(-c2ccc(F)cc2)c1C(F)(F)F. The molecule has 174 valence electrons. The average molecular weight is 467 g/mol. The van der Waals surface area contributed by atoms with E-state index in [-0.39, 0.29) is 18.8 Å². The number of nitrogens with one attached hydrogen (secondary N) is 1. The topological polar surface area (TPSA) is 80.1 Å². The van der Waals surface area contributed by atoms with Crippen molar-refractivity contribution >= 4 is 11.8 Å². The predicted octanol–water partition coefficient (Wildman–Crippen LogP) is 3.34. The zero-order chi connectivity index (χ0) is 24.2. The van der Waals surface area contributed by atoms with Gasteiger partial charge in [0.1, 0.15) is 11.6 Å². The maximum Gasteiger partial charge on any atom is 0.435 e. The van der Waals surface area contributed by atoms with Crippen molar-refractivity contribution in [2.75, 3.05) is 13.1 Å². The molecule has 3 rings (SSSR count). The summed E-state index contributed by atoms with van der Waals surface area (Å²) in [7, 11) is 0. The van der Waals surface area contributed by atoms with Gasteiger partial charge in [-0.3, -0.25) is 9.59 Å². The highest BCUT2D eigenvalue weighted by molar-refractivity contribution is 5.96. The Bertz CT molecular complexity index is 1130. The summed E-state index contributed by atoms with van der Waals surface area (Å²) < 4.78 is 67.9. The van der Waals surface area contributed by atoms with E-state index in [0.717, 1.165) is 29.2 Å². The van der Waals surface area contributed by atoms with E-state index >= 15 is 0 Å². The number of carbonyl (C=O) groups is 2. The van der Waals surface area contributed by atoms with E-state index in [1.165, 1.54) is 31.2 Å². The van der Waals surface area contributed by atoms with Crippen molar-refractivity contribution in [1.29, 1.82) is 0 Å². The Labute approximate surface area is 184 Å². The number of amides is 2. The van der Waals surface area contributed by atoms with Gasteiger partial charge in [0.15, 0.2) is 11.4 Å². The first-order chi connectivity index (χ1) is 15.6. The Kier molecular flexibility index (Phi) is 7.04. The lowest BCUT2D eigenvalue weighted by atomic mass is 10.2. The van der Waals surface area contributed by atoms with Gasteiger partial charge in [0.05, 0.1) is 12.2 Å². The number of aromatic nitrogens is 3. The highest BCUT2D eigenvalue weighted by atomic mass is 19.4. The number of halogens is 5. The molecule has 0 aliphatic heterocycles. The number of likely N-dealkylation sites (N-methyl/N-ethyl adjacent to an activating group) is 1. The van der Waals surface area contributed by atoms with Crippen molar-refractivity contribution in [1.82, 2.24) is 25.2 Å². The van der Waals surface area contributed by atoms with Crippen LogP contribution in [0.3, 0.4) is 0 Å². The third kappa shape index (κ3) is 5.70. The fourth-order valence-electron chi connectivity index (χ4n) is 2.95. The first-order valence-corrected chi connectivity index (χ1v) is 9.69. The number of rotatable bonds is 7. The van der Waals surface area contributed by atoms with Crippen molar-refractivity contribution in [3.8, 4) is 5.69 Å². The summed E-state index contributed by atoms with van der Waals surface area (Å²) in [6.45, 7) is 0.920. The Morgan fingerprint density at radius 2 is 1.58 bits per heavy atom. The van der Waals surface area contributed by atoms with Crippen LogP contribution in [0.2, 0.25) is 0 Å². The van der Waals surface area contributed by atoms with Gasteiger partial charge in [-0.1, -0.05) is 17.3 Å². The summed E-state index contributed by atoms with van der Waals surface area (Å²) >= 11 is 0. The smallest absolute Gasteiger partial charge is 0.350 e. The van der Waals surface area contributed by atoms with Gasteiger partial charge in [0.25, 0.3) is 5.91 Å². The monoisotopic (exact) mass is 467 g/mol. The van der Waals surface area contributed by atoms with Crippen molar-refractivity contribution in [2.45, 2.75) is 19.6 Å². The highest BCUT2D eigenvalue weighted by Crippen LogP contribution is 2.33. The molecule has 0 bridgehead atoms. The molecule has 0 fully saturated rings. The van der Waals surface area contributed by atoms with Gasteiger partial charge in [0, 0.05) is 13.1 Å². The van der Waals surface area contributed by atoms with Crippen LogP contribution in [0.25, 0.3) is 5.69 Å². The second-order valence-electron chi connectivity index (χ2n) is 6.90. The van der Waals surface area contributed by atoms with Gasteiger partial charge in [-0.2, -0.15) is 13.2 Å². The van der Waals surface area contributed by atoms with Crippen LogP contribution < -0.4 is 5.32 Å². The van der Waals surface area contributed by atoms with Crippen molar-refractivity contribution in [2.24, 2.45) is 0 Å². The zero-order valence-electron chi connectivity index (χ0n) is 17.2. The minimum Gasteiger partial charge on any atom is -0.350 e. The molecule has 0 radical (unpaired) electrons. The number of hydrogen-bond acceptors (Lipinski definition) is 4. The van der Waals surface area contributed by atoms with Crippen LogP contribution in [0.1, 0.15) is 28.7 Å². The van der Waals surface area contributed by atoms with Crippen molar-refractivity contribution in [3.63, 3.8) is 0 Å². The maximum absolute atomic E-state index is 13.8. The number of carbonyl (C=O) groups excluding carboxylic acids is 2. The van der Waals surface area contributed by atoms with Crippen LogP contribution in [0, 0.1) is 11.6 Å². The summed E-state index contributed by atoms with van der Waals surface area (Å²) in [5, 5.41) is 9.34. The summed E-state index contributed by atoms with van der Waals surface area (Å²) in [5.41, 5.74) is -1.97. The third-order valence-electron chi connectivity index (χ3n) is 4.62. The second kappa shape index (κ2) is 9.76. The molecule has 0 unspecified atom stereocenters. The Morgan fingerprint density at radius 3 is 2.12 bits per heavy atom. The van der Waals surface area contributed by atoms with Gasteiger partial charge >= 0.3 is 6.18 Å². The number of benzene rings is 2. The molecule has 1 aromatic heterocycles. The minimum atomic E-state index is -5.01. The lowest BCUT2D eigenvalue weighted by Gasteiger charge is -2.20. The lowest BCUT2D eigenvalue weighted by molar-refractivity contribution is -0.143. The zero-order valence-corrected chi connectivity index (χ0v) is 17.2. The molecule has 1 heterocycles. The van der Waals surface area contributed by atoms with Gasteiger partial charge in [-0.05, 0) is 48.9 Å². The molecule has 12 heteroatoms. The van der Waals surface area contributed by atoms with Crippen LogP contribution in [0.5, 0.6) is 0 Å². The maximum atomic E-state index is 13.8. The molecule has 3 aromatic rings. The molecule has 0 spiro atoms. The van der Waals surface area contributed by atoms with E-state index in [1.807, 2.05) is 0 Å². The predicted molar refractivity (Wildman–Crippen MR) is 106 cm³/mol. The van der Waals surface area contributed by atoms with Gasteiger partial charge in [-0.25, -0.2) is 13.5 Å². The number of nitrogens with zero attached hydrogens (tertiary/aromatic N) is 4. The molecular formula is C21H18F5N5O2. The largest absolute Gasteiger partial charge is 0.435 e. The van der Waals surface area contributed by atoms with Crippen molar-refractivity contribution < 1.29 is 31.5 Å². The minimum absolute atomic E-state index is 0.0411. The molecule has 1 N–H and O–H groups in total. The van der Waals surface area contributed by atoms with Crippen LogP contribution >= 0.6 is 0 Å². The molecule has 7 nitrogen and oxygen atoms in total. The first kappa shape index (κ1) is 23.8. The van der Waals surface area contributed by atoms with E-state index in [9.17, 15) is 31.5 Å². The van der Waals surface area contributed by atoms with Crippen molar-refractivity contribution in [3.05, 3.63) is 77.1 Å². The number of alkyl halides is 3. The normalized spacial score (nSPS) is 11.3.